The van der Waals surface area contributed by atoms with Gasteiger partial charge in [-0.3, -0.25) is 9.78 Å². The molecule has 2 unspecified atom stereocenters. The summed E-state index contributed by atoms with van der Waals surface area (Å²) in [6.45, 7) is 7.48. The lowest BCUT2D eigenvalue weighted by Crippen LogP contribution is -2.65. The molecule has 0 aromatic carbocycles. The third-order valence-corrected chi connectivity index (χ3v) is 9.27. The number of ketones is 1. The van der Waals surface area contributed by atoms with Gasteiger partial charge in [-0.2, -0.15) is 5.10 Å². The highest BCUT2D eigenvalue weighted by Crippen LogP contribution is 2.45. The molecule has 6 rings (SSSR count). The average molecular weight is 555 g/mol. The van der Waals surface area contributed by atoms with Crippen LogP contribution in [-0.2, 0) is 4.79 Å². The molecule has 3 N–H and O–H groups in total. The topological polar surface area (TPSA) is 114 Å². The Labute approximate surface area is 238 Å². The fourth-order valence-electron chi connectivity index (χ4n) is 6.41. The number of nitrogens with one attached hydrogen (secondary N) is 1. The quantitative estimate of drug-likeness (QED) is 0.318. The Kier molecular flexibility index (Phi) is 6.80. The maximum absolute atomic E-state index is 12.0. The van der Waals surface area contributed by atoms with E-state index in [9.17, 15) is 4.79 Å². The van der Waals surface area contributed by atoms with E-state index in [1.807, 2.05) is 35.0 Å². The number of Topliss-reactive ketones (excluding diaryl/α,β-unsaturated/α-hetero) is 1. The highest BCUT2D eigenvalue weighted by molar-refractivity contribution is 7.18. The van der Waals surface area contributed by atoms with Gasteiger partial charge in [0.25, 0.3) is 0 Å². The first-order valence-electron chi connectivity index (χ1n) is 13.8. The van der Waals surface area contributed by atoms with Crippen molar-refractivity contribution in [2.45, 2.75) is 58.0 Å². The summed E-state index contributed by atoms with van der Waals surface area (Å²) >= 11 is 1.58. The van der Waals surface area contributed by atoms with E-state index in [0.717, 1.165) is 69.8 Å². The number of aromatic nitrogens is 5. The standard InChI is InChI=1S/C30H34N8OS/c1-5-20-11-23-9-10-27(38(23)33-14-20)26-12-25(34-18(2)3)24(15-32-26)28-35-36-29(40-28)37-16-21-7-6-8-22(17-37)30(21,31)13-19(4)39/h1,9-12,14-15,18,21-22H,6-8,13,16-17,31H2,2-4H3,(H,32,34). The molecule has 0 spiro atoms. The summed E-state index contributed by atoms with van der Waals surface area (Å²) in [7, 11) is 0. The van der Waals surface area contributed by atoms with Gasteiger partial charge in [-0.05, 0) is 69.7 Å². The fourth-order valence-corrected chi connectivity index (χ4v) is 7.29. The lowest BCUT2D eigenvalue weighted by molar-refractivity contribution is -0.120. The molecule has 206 valence electrons. The summed E-state index contributed by atoms with van der Waals surface area (Å²) in [6.07, 6.45) is 12.8. The molecule has 4 aromatic rings. The van der Waals surface area contributed by atoms with Crippen molar-refractivity contribution in [3.05, 3.63) is 42.2 Å². The molecule has 1 saturated carbocycles. The van der Waals surface area contributed by atoms with Crippen LogP contribution in [0.2, 0.25) is 0 Å². The lowest BCUT2D eigenvalue weighted by Gasteiger charge is -2.53. The van der Waals surface area contributed by atoms with Crippen molar-refractivity contribution in [3.63, 3.8) is 0 Å². The number of nitrogens with two attached hydrogens (primary N) is 1. The second-order valence-electron chi connectivity index (χ2n) is 11.5. The Bertz CT molecular complexity index is 1600. The zero-order valence-electron chi connectivity index (χ0n) is 23.1. The van der Waals surface area contributed by atoms with Crippen molar-refractivity contribution in [1.29, 1.82) is 0 Å². The molecule has 2 atom stereocenters. The van der Waals surface area contributed by atoms with Crippen molar-refractivity contribution in [2.24, 2.45) is 17.6 Å². The van der Waals surface area contributed by atoms with E-state index in [1.54, 1.807) is 24.5 Å². The Balaban J connectivity index is 1.30. The summed E-state index contributed by atoms with van der Waals surface area (Å²) in [5.74, 6) is 3.36. The molecule has 0 radical (unpaired) electrons. The van der Waals surface area contributed by atoms with E-state index in [2.05, 4.69) is 45.3 Å². The van der Waals surface area contributed by atoms with E-state index >= 15 is 0 Å². The maximum Gasteiger partial charge on any atom is 0.208 e. The van der Waals surface area contributed by atoms with Crippen LogP contribution in [0.3, 0.4) is 0 Å². The molecule has 9 nitrogen and oxygen atoms in total. The predicted molar refractivity (Wildman–Crippen MR) is 159 cm³/mol. The SMILES string of the molecule is C#Cc1cnn2c(-c3cc(NC(C)C)c(-c4nnc(N5CC6CCCC(C5)C6(N)CC(C)=O)s4)cn3)ccc2c1. The summed E-state index contributed by atoms with van der Waals surface area (Å²) < 4.78 is 1.85. The second-order valence-corrected chi connectivity index (χ2v) is 12.4. The number of rotatable bonds is 7. The van der Waals surface area contributed by atoms with Gasteiger partial charge in [0.1, 0.15) is 5.78 Å². The van der Waals surface area contributed by atoms with E-state index in [-0.39, 0.29) is 23.7 Å². The van der Waals surface area contributed by atoms with E-state index in [4.69, 9.17) is 17.1 Å². The average Bonchev–Trinajstić information content (AvgIpc) is 3.55. The number of piperidine rings is 1. The summed E-state index contributed by atoms with van der Waals surface area (Å²) in [5, 5.41) is 19.0. The number of anilines is 2. The van der Waals surface area contributed by atoms with Gasteiger partial charge in [0.05, 0.1) is 28.7 Å². The molecule has 2 bridgehead atoms. The van der Waals surface area contributed by atoms with Crippen LogP contribution < -0.4 is 16.0 Å². The van der Waals surface area contributed by atoms with Crippen LogP contribution in [0, 0.1) is 24.2 Å². The van der Waals surface area contributed by atoms with Crippen LogP contribution in [-0.4, -0.2) is 55.2 Å². The second kappa shape index (κ2) is 10.3. The Hall–Kier alpha value is -3.81. The van der Waals surface area contributed by atoms with Gasteiger partial charge in [-0.25, -0.2) is 4.52 Å². The molecular weight excluding hydrogens is 520 g/mol. The Morgan fingerprint density at radius 1 is 1.23 bits per heavy atom. The van der Waals surface area contributed by atoms with Crippen molar-refractivity contribution in [3.8, 4) is 34.3 Å². The zero-order valence-corrected chi connectivity index (χ0v) is 23.9. The smallest absolute Gasteiger partial charge is 0.208 e. The molecule has 2 fully saturated rings. The van der Waals surface area contributed by atoms with Gasteiger partial charge in [0.15, 0.2) is 5.01 Å². The van der Waals surface area contributed by atoms with Crippen LogP contribution in [0.5, 0.6) is 0 Å². The molecule has 2 aliphatic rings. The molecule has 10 heteroatoms. The molecule has 4 aromatic heterocycles. The molecular formula is C30H34N8OS. The van der Waals surface area contributed by atoms with Crippen LogP contribution in [0.1, 0.15) is 52.0 Å². The third-order valence-electron chi connectivity index (χ3n) is 8.25. The first-order chi connectivity index (χ1) is 19.2. The van der Waals surface area contributed by atoms with Crippen molar-refractivity contribution in [1.82, 2.24) is 24.8 Å². The van der Waals surface area contributed by atoms with E-state index < -0.39 is 5.54 Å². The minimum Gasteiger partial charge on any atom is -0.382 e. The Morgan fingerprint density at radius 2 is 2.00 bits per heavy atom. The summed E-state index contributed by atoms with van der Waals surface area (Å²) in [4.78, 5) is 19.1. The minimum absolute atomic E-state index is 0.174. The van der Waals surface area contributed by atoms with Crippen LogP contribution in [0.4, 0.5) is 10.8 Å². The maximum atomic E-state index is 12.0. The van der Waals surface area contributed by atoms with Gasteiger partial charge >= 0.3 is 0 Å². The highest BCUT2D eigenvalue weighted by atomic mass is 32.1. The highest BCUT2D eigenvalue weighted by Gasteiger charge is 2.50. The molecule has 1 saturated heterocycles. The van der Waals surface area contributed by atoms with Gasteiger partial charge in [0.2, 0.25) is 5.13 Å². The molecule has 40 heavy (non-hydrogen) atoms. The fraction of sp³-hybridized carbons (Fsp3) is 0.433. The third kappa shape index (κ3) is 4.73. The van der Waals surface area contributed by atoms with Gasteiger partial charge in [-0.1, -0.05) is 23.7 Å². The number of terminal acetylenes is 1. The number of fused-ring (bicyclic) bond motifs is 3. The number of carbonyl (C=O) groups is 1. The number of hydrogen-bond acceptors (Lipinski definition) is 9. The predicted octanol–water partition coefficient (Wildman–Crippen LogP) is 4.63. The lowest BCUT2D eigenvalue weighted by atomic mass is 9.62. The monoisotopic (exact) mass is 554 g/mol. The largest absolute Gasteiger partial charge is 0.382 e. The van der Waals surface area contributed by atoms with Crippen molar-refractivity contribution >= 4 is 33.5 Å². The van der Waals surface area contributed by atoms with Gasteiger partial charge in [0, 0.05) is 48.5 Å². The van der Waals surface area contributed by atoms with Crippen LogP contribution in [0.15, 0.2) is 36.7 Å². The summed E-state index contributed by atoms with van der Waals surface area (Å²) in [5.41, 5.74) is 11.7. The normalized spacial score (nSPS) is 22.4. The molecule has 5 heterocycles. The molecule has 1 aliphatic carbocycles. The first kappa shape index (κ1) is 26.4. The molecule has 0 amide bonds. The van der Waals surface area contributed by atoms with E-state index in [1.165, 1.54) is 6.42 Å². The number of carbonyl (C=O) groups excluding carboxylic acids is 1. The van der Waals surface area contributed by atoms with Gasteiger partial charge < -0.3 is 16.0 Å². The van der Waals surface area contributed by atoms with Crippen LogP contribution in [0.25, 0.3) is 27.5 Å². The van der Waals surface area contributed by atoms with Crippen molar-refractivity contribution in [2.75, 3.05) is 23.3 Å². The number of pyridine rings is 1. The first-order valence-corrected chi connectivity index (χ1v) is 14.7. The van der Waals surface area contributed by atoms with Crippen LogP contribution >= 0.6 is 11.3 Å². The van der Waals surface area contributed by atoms with Gasteiger partial charge in [-0.15, -0.1) is 16.6 Å². The number of hydrogen-bond donors (Lipinski definition) is 2. The summed E-state index contributed by atoms with van der Waals surface area (Å²) in [6, 6.07) is 8.19. The Morgan fingerprint density at radius 3 is 2.70 bits per heavy atom. The van der Waals surface area contributed by atoms with Crippen molar-refractivity contribution < 1.29 is 4.79 Å². The zero-order chi connectivity index (χ0) is 28.0. The van der Waals surface area contributed by atoms with E-state index in [0.29, 0.717) is 6.42 Å². The minimum atomic E-state index is -0.414. The molecule has 1 aliphatic heterocycles. The number of nitrogens with zero attached hydrogens (tertiary/aromatic N) is 6.